The van der Waals surface area contributed by atoms with Crippen molar-refractivity contribution in [3.05, 3.63) is 0 Å². The third-order valence-corrected chi connectivity index (χ3v) is 4.38. The van der Waals surface area contributed by atoms with Crippen molar-refractivity contribution in [2.75, 3.05) is 6.54 Å². The van der Waals surface area contributed by atoms with Crippen LogP contribution in [0.3, 0.4) is 0 Å². The molecule has 0 aromatic heterocycles. The summed E-state index contributed by atoms with van der Waals surface area (Å²) in [4.78, 5) is 12.1. The lowest BCUT2D eigenvalue weighted by atomic mass is 9.82. The Morgan fingerprint density at radius 2 is 1.11 bits per heavy atom. The van der Waals surface area contributed by atoms with Crippen LogP contribution in [0.25, 0.3) is 0 Å². The van der Waals surface area contributed by atoms with Gasteiger partial charge in [-0.3, -0.25) is 4.79 Å². The van der Waals surface area contributed by atoms with E-state index in [0.717, 1.165) is 6.54 Å². The molecular weight excluding hydrogens is 234 g/mol. The molecule has 0 unspecified atom stereocenters. The number of nitrogens with one attached hydrogen (secondary N) is 1. The van der Waals surface area contributed by atoms with Crippen molar-refractivity contribution in [1.29, 1.82) is 0 Å². The van der Waals surface area contributed by atoms with E-state index in [0.29, 0.717) is 41.9 Å². The van der Waals surface area contributed by atoms with Gasteiger partial charge in [-0.1, -0.05) is 55.4 Å². The molecule has 0 saturated heterocycles. The molecule has 2 heteroatoms. The summed E-state index contributed by atoms with van der Waals surface area (Å²) in [5, 5.41) is 3.15. The van der Waals surface area contributed by atoms with Gasteiger partial charge in [0.15, 0.2) is 0 Å². The van der Waals surface area contributed by atoms with Crippen molar-refractivity contribution < 1.29 is 4.79 Å². The molecule has 0 spiro atoms. The van der Waals surface area contributed by atoms with Crippen molar-refractivity contribution >= 4 is 5.91 Å². The monoisotopic (exact) mass is 269 g/mol. The molecule has 0 radical (unpaired) electrons. The molecule has 0 aliphatic heterocycles. The second-order valence-corrected chi connectivity index (χ2v) is 7.31. The maximum Gasteiger partial charge on any atom is 0.220 e. The van der Waals surface area contributed by atoms with Crippen LogP contribution in [0.15, 0.2) is 0 Å². The number of hydrogen-bond donors (Lipinski definition) is 1. The Bertz CT molecular complexity index is 240. The van der Waals surface area contributed by atoms with E-state index in [9.17, 15) is 4.79 Å². The first kappa shape index (κ1) is 18.5. The van der Waals surface area contributed by atoms with Crippen LogP contribution >= 0.6 is 0 Å². The highest BCUT2D eigenvalue weighted by Crippen LogP contribution is 2.24. The second kappa shape index (κ2) is 8.60. The van der Waals surface area contributed by atoms with Crippen molar-refractivity contribution in [3.63, 3.8) is 0 Å². The second-order valence-electron chi connectivity index (χ2n) is 7.31. The number of amides is 1. The molecule has 1 amide bonds. The van der Waals surface area contributed by atoms with Crippen molar-refractivity contribution in [3.8, 4) is 0 Å². The van der Waals surface area contributed by atoms with Gasteiger partial charge >= 0.3 is 0 Å². The molecule has 0 fully saturated rings. The molecule has 0 saturated carbocycles. The smallest absolute Gasteiger partial charge is 0.220 e. The third kappa shape index (κ3) is 6.98. The van der Waals surface area contributed by atoms with Crippen LogP contribution in [-0.4, -0.2) is 12.5 Å². The lowest BCUT2D eigenvalue weighted by Gasteiger charge is -2.27. The summed E-state index contributed by atoms with van der Waals surface area (Å²) in [5.41, 5.74) is 0. The highest BCUT2D eigenvalue weighted by Gasteiger charge is 2.22. The molecule has 114 valence electrons. The van der Waals surface area contributed by atoms with Crippen LogP contribution in [-0.2, 0) is 4.79 Å². The van der Waals surface area contributed by atoms with E-state index in [2.05, 4.69) is 60.7 Å². The predicted octanol–water partition coefficient (Wildman–Crippen LogP) is 4.35. The zero-order valence-corrected chi connectivity index (χ0v) is 14.3. The molecule has 0 aromatic rings. The van der Waals surface area contributed by atoms with Gasteiger partial charge in [0, 0.05) is 13.0 Å². The van der Waals surface area contributed by atoms with Crippen molar-refractivity contribution in [2.45, 2.75) is 61.8 Å². The first-order valence-corrected chi connectivity index (χ1v) is 7.93. The van der Waals surface area contributed by atoms with Gasteiger partial charge in [0.1, 0.15) is 0 Å². The summed E-state index contributed by atoms with van der Waals surface area (Å²) in [5.74, 6) is 3.64. The first-order valence-electron chi connectivity index (χ1n) is 7.93. The molecule has 0 heterocycles. The van der Waals surface area contributed by atoms with Crippen LogP contribution < -0.4 is 5.32 Å². The summed E-state index contributed by atoms with van der Waals surface area (Å²) < 4.78 is 0. The fraction of sp³-hybridized carbons (Fsp3) is 0.941. The molecule has 1 N–H and O–H groups in total. The number of carbonyl (C=O) groups is 1. The van der Waals surface area contributed by atoms with Gasteiger partial charge in [0.25, 0.3) is 0 Å². The zero-order chi connectivity index (χ0) is 15.2. The summed E-state index contributed by atoms with van der Waals surface area (Å²) >= 11 is 0. The van der Waals surface area contributed by atoms with Gasteiger partial charge < -0.3 is 5.32 Å². The lowest BCUT2D eigenvalue weighted by molar-refractivity contribution is -0.123. The zero-order valence-electron chi connectivity index (χ0n) is 14.3. The maximum atomic E-state index is 12.1. The molecule has 0 bridgehead atoms. The minimum Gasteiger partial charge on any atom is -0.356 e. The highest BCUT2D eigenvalue weighted by molar-refractivity contribution is 5.76. The Hall–Kier alpha value is -0.530. The summed E-state index contributed by atoms with van der Waals surface area (Å²) in [6, 6.07) is 0. The van der Waals surface area contributed by atoms with E-state index < -0.39 is 0 Å². The summed E-state index contributed by atoms with van der Waals surface area (Å²) in [6.45, 7) is 18.6. The number of rotatable bonds is 8. The molecule has 0 rings (SSSR count). The molecule has 0 aliphatic carbocycles. The van der Waals surface area contributed by atoms with Crippen molar-refractivity contribution in [1.82, 2.24) is 5.32 Å². The van der Waals surface area contributed by atoms with Crippen LogP contribution in [0, 0.1) is 35.5 Å². The number of hydrogen-bond acceptors (Lipinski definition) is 1. The topological polar surface area (TPSA) is 29.1 Å². The molecule has 0 aliphatic rings. The predicted molar refractivity (Wildman–Crippen MR) is 84.0 cm³/mol. The molecule has 19 heavy (non-hydrogen) atoms. The molecule has 0 atom stereocenters. The fourth-order valence-electron chi connectivity index (χ4n) is 3.00. The Kier molecular flexibility index (Phi) is 8.36. The average molecular weight is 269 g/mol. The lowest BCUT2D eigenvalue weighted by Crippen LogP contribution is -2.35. The first-order chi connectivity index (χ1) is 8.66. The largest absolute Gasteiger partial charge is 0.356 e. The van der Waals surface area contributed by atoms with Crippen LogP contribution in [0.1, 0.15) is 61.8 Å². The Morgan fingerprint density at radius 1 is 0.737 bits per heavy atom. The van der Waals surface area contributed by atoms with Crippen LogP contribution in [0.5, 0.6) is 0 Å². The van der Waals surface area contributed by atoms with E-state index in [1.807, 2.05) is 0 Å². The van der Waals surface area contributed by atoms with Gasteiger partial charge in [-0.2, -0.15) is 0 Å². The number of carbonyl (C=O) groups excluding carboxylic acids is 1. The van der Waals surface area contributed by atoms with E-state index in [1.165, 1.54) is 0 Å². The molecule has 2 nitrogen and oxygen atoms in total. The minimum atomic E-state index is 0.221. The van der Waals surface area contributed by atoms with Crippen LogP contribution in [0.2, 0.25) is 0 Å². The van der Waals surface area contributed by atoms with Gasteiger partial charge in [-0.05, 0) is 35.5 Å². The van der Waals surface area contributed by atoms with Crippen molar-refractivity contribution in [2.24, 2.45) is 35.5 Å². The fourth-order valence-corrected chi connectivity index (χ4v) is 3.00. The van der Waals surface area contributed by atoms with E-state index in [4.69, 9.17) is 0 Å². The third-order valence-electron chi connectivity index (χ3n) is 4.38. The summed E-state index contributed by atoms with van der Waals surface area (Å²) in [7, 11) is 0. The van der Waals surface area contributed by atoms with Gasteiger partial charge in [0.2, 0.25) is 5.91 Å². The SMILES string of the molecule is CC(C)C(CNC(=O)CC(C(C)C)C(C)C)C(C)C. The standard InChI is InChI=1S/C17H35NO/c1-11(2)15(12(3)4)9-17(19)18-10-16(13(5)6)14(7)8/h11-16H,9-10H2,1-8H3,(H,18,19). The Morgan fingerprint density at radius 3 is 1.42 bits per heavy atom. The summed E-state index contributed by atoms with van der Waals surface area (Å²) in [6.07, 6.45) is 0.665. The normalized spacial score (nSPS) is 12.5. The highest BCUT2D eigenvalue weighted by atomic mass is 16.1. The Balaban J connectivity index is 4.31. The Labute approximate surface area is 120 Å². The average Bonchev–Trinajstić information content (AvgIpc) is 2.24. The minimum absolute atomic E-state index is 0.221. The van der Waals surface area contributed by atoms with E-state index >= 15 is 0 Å². The quantitative estimate of drug-likeness (QED) is 0.697. The maximum absolute atomic E-state index is 12.1. The van der Waals surface area contributed by atoms with E-state index in [1.54, 1.807) is 0 Å². The van der Waals surface area contributed by atoms with E-state index in [-0.39, 0.29) is 5.91 Å². The molecular formula is C17H35NO. The molecule has 0 aromatic carbocycles. The van der Waals surface area contributed by atoms with Gasteiger partial charge in [-0.25, -0.2) is 0 Å². The van der Waals surface area contributed by atoms with Crippen LogP contribution in [0.4, 0.5) is 0 Å². The van der Waals surface area contributed by atoms with Gasteiger partial charge in [0.05, 0.1) is 0 Å². The van der Waals surface area contributed by atoms with Gasteiger partial charge in [-0.15, -0.1) is 0 Å².